The second-order valence-corrected chi connectivity index (χ2v) is 6.46. The molecule has 0 bridgehead atoms. The van der Waals surface area contributed by atoms with Crippen molar-refractivity contribution < 1.29 is 11.0 Å². The molecule has 0 saturated carbocycles. The van der Waals surface area contributed by atoms with E-state index >= 15 is 0 Å². The molecule has 1 atom stereocenters. The third-order valence-electron chi connectivity index (χ3n) is 4.49. The highest BCUT2D eigenvalue weighted by Gasteiger charge is 2.36. The normalized spacial score (nSPS) is 29.3. The van der Waals surface area contributed by atoms with E-state index in [0.717, 1.165) is 25.9 Å². The number of likely N-dealkylation sites (tertiary alicyclic amines) is 1. The Morgan fingerprint density at radius 2 is 2.11 bits per heavy atom. The number of amides is 2. The van der Waals surface area contributed by atoms with Crippen molar-refractivity contribution in [2.24, 2.45) is 5.41 Å². The van der Waals surface area contributed by atoms with Crippen LogP contribution in [-0.4, -0.2) is 72.8 Å². The molecule has 0 aromatic rings. The first kappa shape index (κ1) is 12.9. The zero-order chi connectivity index (χ0) is 14.9. The summed E-state index contributed by atoms with van der Waals surface area (Å²) in [7, 11) is 1.98. The molecule has 2 aliphatic heterocycles. The number of carbonyl (C=O) groups is 2. The van der Waals surface area contributed by atoms with E-state index in [1.54, 1.807) is 4.90 Å². The summed E-state index contributed by atoms with van der Waals surface area (Å²) in [4.78, 5) is 28.9. The maximum absolute atomic E-state index is 12.2. The molecule has 1 unspecified atom stereocenters. The molecule has 5 heteroatoms. The van der Waals surface area contributed by atoms with Crippen LogP contribution >= 0.6 is 0 Å². The van der Waals surface area contributed by atoms with E-state index < -0.39 is 6.39 Å². The van der Waals surface area contributed by atoms with Gasteiger partial charge in [0.15, 0.2) is 0 Å². The Hall–Kier alpha value is -1.10. The largest absolute Gasteiger partial charge is 0.345 e. The maximum Gasteiger partial charge on any atom is 0.237 e. The van der Waals surface area contributed by atoms with E-state index in [0.29, 0.717) is 19.6 Å². The molecule has 0 radical (unpaired) electrons. The molecule has 0 N–H and O–H groups in total. The molecule has 2 rings (SSSR count). The minimum atomic E-state index is -0.587. The first-order valence-corrected chi connectivity index (χ1v) is 7.04. The maximum atomic E-state index is 12.2. The summed E-state index contributed by atoms with van der Waals surface area (Å²) in [5.41, 5.74) is 0.0613. The lowest BCUT2D eigenvalue weighted by Gasteiger charge is -2.45. The van der Waals surface area contributed by atoms with Crippen LogP contribution in [-0.2, 0) is 9.59 Å². The van der Waals surface area contributed by atoms with E-state index in [-0.39, 0.29) is 17.4 Å². The summed E-state index contributed by atoms with van der Waals surface area (Å²) >= 11 is 0. The summed E-state index contributed by atoms with van der Waals surface area (Å²) in [5, 5.41) is 0. The molecule has 0 aromatic carbocycles. The second kappa shape index (κ2) is 5.49. The van der Waals surface area contributed by atoms with Gasteiger partial charge in [-0.1, -0.05) is 6.92 Å². The third kappa shape index (κ3) is 3.26. The molecule has 0 aromatic heterocycles. The van der Waals surface area contributed by atoms with Gasteiger partial charge < -0.3 is 9.80 Å². The summed E-state index contributed by atoms with van der Waals surface area (Å²) in [6.07, 6.45) is 1.14. The van der Waals surface area contributed by atoms with Crippen molar-refractivity contribution in [3.8, 4) is 0 Å². The SMILES string of the molecule is [3H]C(=O)N1CCC(C)(CN2C(=O)CN(C)CC2C)CC1. The monoisotopic (exact) mass is 269 g/mol. The van der Waals surface area contributed by atoms with Crippen molar-refractivity contribution in [1.82, 2.24) is 14.7 Å². The summed E-state index contributed by atoms with van der Waals surface area (Å²) in [6.45, 7) is 7.73. The van der Waals surface area contributed by atoms with Gasteiger partial charge in [-0.15, -0.1) is 0 Å². The molecule has 2 aliphatic rings. The van der Waals surface area contributed by atoms with Gasteiger partial charge >= 0.3 is 0 Å². The van der Waals surface area contributed by atoms with Crippen LogP contribution in [0.1, 0.15) is 28.1 Å². The molecule has 19 heavy (non-hydrogen) atoms. The second-order valence-electron chi connectivity index (χ2n) is 6.46. The van der Waals surface area contributed by atoms with Crippen LogP contribution in [0.4, 0.5) is 0 Å². The van der Waals surface area contributed by atoms with Crippen LogP contribution in [0.5, 0.6) is 0 Å². The van der Waals surface area contributed by atoms with Crippen LogP contribution in [0.2, 0.25) is 0 Å². The van der Waals surface area contributed by atoms with Gasteiger partial charge in [-0.25, -0.2) is 0 Å². The molecule has 2 fully saturated rings. The molecule has 0 aliphatic carbocycles. The number of piperidine rings is 1. The molecule has 108 valence electrons. The smallest absolute Gasteiger partial charge is 0.237 e. The summed E-state index contributed by atoms with van der Waals surface area (Å²) in [5.74, 6) is 0.200. The van der Waals surface area contributed by atoms with E-state index in [1.165, 1.54) is 0 Å². The van der Waals surface area contributed by atoms with Crippen LogP contribution in [0.15, 0.2) is 0 Å². The summed E-state index contributed by atoms with van der Waals surface area (Å²) in [6, 6.07) is 0.244. The number of hydrogen-bond donors (Lipinski definition) is 0. The number of rotatable bonds is 2. The average molecular weight is 269 g/mol. The first-order chi connectivity index (χ1) is 9.31. The minimum absolute atomic E-state index is 0.0613. The average Bonchev–Trinajstić information content (AvgIpc) is 2.34. The van der Waals surface area contributed by atoms with Gasteiger partial charge in [0.05, 0.1) is 6.54 Å². The highest BCUT2D eigenvalue weighted by Crippen LogP contribution is 2.32. The first-order valence-electron chi connectivity index (χ1n) is 7.54. The molecule has 2 amide bonds. The highest BCUT2D eigenvalue weighted by molar-refractivity contribution is 5.79. The van der Waals surface area contributed by atoms with Gasteiger partial charge in [-0.3, -0.25) is 14.5 Å². The lowest BCUT2D eigenvalue weighted by Crippen LogP contribution is -2.57. The number of nitrogens with zero attached hydrogens (tertiary/aromatic N) is 3. The van der Waals surface area contributed by atoms with Crippen molar-refractivity contribution in [2.75, 3.05) is 39.8 Å². The minimum Gasteiger partial charge on any atom is -0.345 e. The van der Waals surface area contributed by atoms with Crippen molar-refractivity contribution in [1.29, 1.82) is 0 Å². The van der Waals surface area contributed by atoms with E-state index in [2.05, 4.69) is 18.7 Å². The van der Waals surface area contributed by atoms with Crippen LogP contribution in [0.3, 0.4) is 0 Å². The number of piperazine rings is 1. The van der Waals surface area contributed by atoms with Gasteiger partial charge in [0.25, 0.3) is 0 Å². The van der Waals surface area contributed by atoms with Crippen molar-refractivity contribution in [2.45, 2.75) is 32.7 Å². The van der Waals surface area contributed by atoms with E-state index in [9.17, 15) is 9.59 Å². The fourth-order valence-electron chi connectivity index (χ4n) is 3.13. The lowest BCUT2D eigenvalue weighted by atomic mass is 9.79. The fraction of sp³-hybridized carbons (Fsp3) is 0.857. The Labute approximate surface area is 116 Å². The predicted octanol–water partition coefficient (Wildman–Crippen LogP) is 0.407. The topological polar surface area (TPSA) is 43.9 Å². The van der Waals surface area contributed by atoms with E-state index in [1.807, 2.05) is 11.9 Å². The van der Waals surface area contributed by atoms with Crippen LogP contribution in [0.25, 0.3) is 0 Å². The van der Waals surface area contributed by atoms with Crippen LogP contribution < -0.4 is 0 Å². The molecule has 2 saturated heterocycles. The number of likely N-dealkylation sites (N-methyl/N-ethyl adjacent to an activating group) is 1. The summed E-state index contributed by atoms with van der Waals surface area (Å²) < 4.78 is 7.16. The quantitative estimate of drug-likeness (QED) is 0.682. The molecule has 0 spiro atoms. The molecule has 5 nitrogen and oxygen atoms in total. The Morgan fingerprint density at radius 1 is 1.47 bits per heavy atom. The lowest BCUT2D eigenvalue weighted by molar-refractivity contribution is -0.141. The van der Waals surface area contributed by atoms with Gasteiger partial charge in [0.2, 0.25) is 12.3 Å². The number of carbonyl (C=O) groups excluding carboxylic acids is 2. The van der Waals surface area contributed by atoms with Gasteiger partial charge in [-0.2, -0.15) is 0 Å². The van der Waals surface area contributed by atoms with Gasteiger partial charge in [-0.05, 0) is 32.2 Å². The molecular formula is C14H25N3O2. The van der Waals surface area contributed by atoms with Crippen LogP contribution in [0, 0.1) is 5.41 Å². The standard InChI is InChI=1S/C14H25N3O2/c1-12-8-15(3)9-13(19)17(12)10-14(2)4-6-16(11-18)7-5-14/h11-12H,4-10H2,1-3H3/i11T. The predicted molar refractivity (Wildman–Crippen MR) is 73.7 cm³/mol. The highest BCUT2D eigenvalue weighted by atomic mass is 16.2. The molecular weight excluding hydrogens is 242 g/mol. The van der Waals surface area contributed by atoms with Crippen molar-refractivity contribution >= 4 is 12.3 Å². The van der Waals surface area contributed by atoms with Gasteiger partial charge in [0, 0.05) is 32.2 Å². The Morgan fingerprint density at radius 3 is 2.63 bits per heavy atom. The van der Waals surface area contributed by atoms with Crippen molar-refractivity contribution in [3.63, 3.8) is 0 Å². The fourth-order valence-corrected chi connectivity index (χ4v) is 3.13. The Balaban J connectivity index is 1.95. The Kier molecular flexibility index (Phi) is 3.73. The van der Waals surface area contributed by atoms with E-state index in [4.69, 9.17) is 1.37 Å². The number of hydrogen-bond acceptors (Lipinski definition) is 3. The molecule has 2 heterocycles. The Bertz CT molecular complexity index is 394. The van der Waals surface area contributed by atoms with Gasteiger partial charge in [0.1, 0.15) is 1.37 Å². The third-order valence-corrected chi connectivity index (χ3v) is 4.49. The zero-order valence-corrected chi connectivity index (χ0v) is 12.2. The zero-order valence-electron chi connectivity index (χ0n) is 13.2. The van der Waals surface area contributed by atoms with Crippen molar-refractivity contribution in [3.05, 3.63) is 0 Å².